The fourth-order valence-electron chi connectivity index (χ4n) is 2.25. The molecule has 0 spiro atoms. The molecule has 0 aliphatic rings. The van der Waals surface area contributed by atoms with Crippen LogP contribution in [-0.2, 0) is 11.3 Å². The number of nitrogens with one attached hydrogen (secondary N) is 1. The van der Waals surface area contributed by atoms with Gasteiger partial charge >= 0.3 is 5.97 Å². The number of hydrogen-bond donors (Lipinski definition) is 2. The highest BCUT2D eigenvalue weighted by molar-refractivity contribution is 5.98. The molecule has 0 unspecified atom stereocenters. The van der Waals surface area contributed by atoms with Crippen molar-refractivity contribution in [1.29, 1.82) is 0 Å². The molecule has 0 saturated carbocycles. The SMILES string of the molecule is COc1ccc(C(=O)CCC(=O)NCc2cccc(C(=O)O)c2)cc1. The Morgan fingerprint density at radius 1 is 1.00 bits per heavy atom. The van der Waals surface area contributed by atoms with E-state index in [2.05, 4.69) is 5.32 Å². The fourth-order valence-corrected chi connectivity index (χ4v) is 2.25. The molecule has 0 bridgehead atoms. The summed E-state index contributed by atoms with van der Waals surface area (Å²) in [5.41, 5.74) is 1.39. The molecule has 1 amide bonds. The lowest BCUT2D eigenvalue weighted by molar-refractivity contribution is -0.121. The van der Waals surface area contributed by atoms with Crippen LogP contribution in [0.2, 0.25) is 0 Å². The van der Waals surface area contributed by atoms with Crippen molar-refractivity contribution in [3.8, 4) is 5.75 Å². The van der Waals surface area contributed by atoms with E-state index in [0.29, 0.717) is 16.9 Å². The predicted molar refractivity (Wildman–Crippen MR) is 91.8 cm³/mol. The van der Waals surface area contributed by atoms with Crippen LogP contribution in [0, 0.1) is 0 Å². The summed E-state index contributed by atoms with van der Waals surface area (Å²) >= 11 is 0. The van der Waals surface area contributed by atoms with Gasteiger partial charge in [-0.25, -0.2) is 4.79 Å². The van der Waals surface area contributed by atoms with E-state index in [1.165, 1.54) is 12.1 Å². The van der Waals surface area contributed by atoms with Gasteiger partial charge in [-0.2, -0.15) is 0 Å². The van der Waals surface area contributed by atoms with Gasteiger partial charge in [-0.15, -0.1) is 0 Å². The third-order valence-corrected chi connectivity index (χ3v) is 3.65. The van der Waals surface area contributed by atoms with Crippen molar-refractivity contribution in [3.05, 3.63) is 65.2 Å². The largest absolute Gasteiger partial charge is 0.497 e. The highest BCUT2D eigenvalue weighted by atomic mass is 16.5. The summed E-state index contributed by atoms with van der Waals surface area (Å²) in [7, 11) is 1.55. The van der Waals surface area contributed by atoms with Crippen molar-refractivity contribution < 1.29 is 24.2 Å². The van der Waals surface area contributed by atoms with Crippen LogP contribution in [-0.4, -0.2) is 29.9 Å². The highest BCUT2D eigenvalue weighted by Gasteiger charge is 2.10. The zero-order valence-electron chi connectivity index (χ0n) is 13.8. The molecule has 2 N–H and O–H groups in total. The van der Waals surface area contributed by atoms with Gasteiger partial charge in [0, 0.05) is 24.9 Å². The number of carboxylic acid groups (broad SMARTS) is 1. The topological polar surface area (TPSA) is 92.7 Å². The first-order chi connectivity index (χ1) is 12.0. The Kier molecular flexibility index (Phi) is 6.28. The number of rotatable bonds is 8. The molecule has 0 atom stereocenters. The highest BCUT2D eigenvalue weighted by Crippen LogP contribution is 2.13. The number of ether oxygens (including phenoxy) is 1. The van der Waals surface area contributed by atoms with Gasteiger partial charge < -0.3 is 15.2 Å². The van der Waals surface area contributed by atoms with E-state index >= 15 is 0 Å². The lowest BCUT2D eigenvalue weighted by Gasteiger charge is -2.06. The molecule has 0 fully saturated rings. The number of carboxylic acids is 1. The number of carbonyl (C=O) groups excluding carboxylic acids is 2. The molecular weight excluding hydrogens is 322 g/mol. The van der Waals surface area contributed by atoms with Crippen LogP contribution in [0.1, 0.15) is 39.1 Å². The molecule has 0 radical (unpaired) electrons. The molecule has 0 aromatic heterocycles. The predicted octanol–water partition coefficient (Wildman–Crippen LogP) is 2.67. The van der Waals surface area contributed by atoms with Gasteiger partial charge in [0.1, 0.15) is 5.75 Å². The summed E-state index contributed by atoms with van der Waals surface area (Å²) in [6.07, 6.45) is 0.177. The monoisotopic (exact) mass is 341 g/mol. The van der Waals surface area contributed by atoms with Crippen LogP contribution in [0.25, 0.3) is 0 Å². The number of carbonyl (C=O) groups is 3. The van der Waals surface area contributed by atoms with Gasteiger partial charge in [-0.05, 0) is 42.0 Å². The zero-order valence-corrected chi connectivity index (χ0v) is 13.8. The number of amides is 1. The Hall–Kier alpha value is -3.15. The first-order valence-corrected chi connectivity index (χ1v) is 7.76. The number of aromatic carboxylic acids is 1. The van der Waals surface area contributed by atoms with E-state index < -0.39 is 5.97 Å². The second-order valence-electron chi connectivity index (χ2n) is 5.43. The standard InChI is InChI=1S/C19H19NO5/c1-25-16-7-5-14(6-8-16)17(21)9-10-18(22)20-12-13-3-2-4-15(11-13)19(23)24/h2-8,11H,9-10,12H2,1H3,(H,20,22)(H,23,24). The number of hydrogen-bond acceptors (Lipinski definition) is 4. The molecule has 0 aliphatic carbocycles. The number of methoxy groups -OCH3 is 1. The average Bonchev–Trinajstić information content (AvgIpc) is 2.64. The Bertz CT molecular complexity index is 768. The van der Waals surface area contributed by atoms with E-state index in [1.807, 2.05) is 0 Å². The van der Waals surface area contributed by atoms with Crippen molar-refractivity contribution in [2.75, 3.05) is 7.11 Å². The average molecular weight is 341 g/mol. The van der Waals surface area contributed by atoms with Crippen LogP contribution in [0.15, 0.2) is 48.5 Å². The maximum absolute atomic E-state index is 12.1. The van der Waals surface area contributed by atoms with Crippen LogP contribution in [0.5, 0.6) is 5.75 Å². The van der Waals surface area contributed by atoms with Crippen LogP contribution in [0.3, 0.4) is 0 Å². The van der Waals surface area contributed by atoms with Crippen molar-refractivity contribution in [3.63, 3.8) is 0 Å². The maximum Gasteiger partial charge on any atom is 0.335 e. The summed E-state index contributed by atoms with van der Waals surface area (Å²) in [5, 5.41) is 11.6. The molecule has 0 heterocycles. The van der Waals surface area contributed by atoms with Crippen molar-refractivity contribution in [1.82, 2.24) is 5.32 Å². The number of ketones is 1. The Labute approximate surface area is 145 Å². The maximum atomic E-state index is 12.1. The molecule has 6 heteroatoms. The fraction of sp³-hybridized carbons (Fsp3) is 0.211. The smallest absolute Gasteiger partial charge is 0.335 e. The molecule has 2 aromatic carbocycles. The van der Waals surface area contributed by atoms with Gasteiger partial charge in [0.25, 0.3) is 0 Å². The molecule has 130 valence electrons. The lowest BCUT2D eigenvalue weighted by Crippen LogP contribution is -2.23. The normalized spacial score (nSPS) is 10.1. The molecule has 0 aliphatic heterocycles. The Morgan fingerprint density at radius 3 is 2.36 bits per heavy atom. The van der Waals surface area contributed by atoms with E-state index in [-0.39, 0.29) is 36.6 Å². The van der Waals surface area contributed by atoms with Crippen LogP contribution in [0.4, 0.5) is 0 Å². The minimum Gasteiger partial charge on any atom is -0.497 e. The van der Waals surface area contributed by atoms with Gasteiger partial charge in [0.05, 0.1) is 12.7 Å². The third-order valence-electron chi connectivity index (χ3n) is 3.65. The van der Waals surface area contributed by atoms with Gasteiger partial charge in [0.15, 0.2) is 5.78 Å². The Morgan fingerprint density at radius 2 is 1.72 bits per heavy atom. The number of benzene rings is 2. The van der Waals surface area contributed by atoms with Crippen LogP contribution < -0.4 is 10.1 Å². The van der Waals surface area contributed by atoms with Crippen molar-refractivity contribution >= 4 is 17.7 Å². The molecule has 6 nitrogen and oxygen atoms in total. The first kappa shape index (κ1) is 18.2. The molecule has 25 heavy (non-hydrogen) atoms. The molecule has 2 rings (SSSR count). The van der Waals surface area contributed by atoms with Crippen LogP contribution >= 0.6 is 0 Å². The van der Waals surface area contributed by atoms with Gasteiger partial charge in [-0.1, -0.05) is 12.1 Å². The van der Waals surface area contributed by atoms with E-state index in [1.54, 1.807) is 43.5 Å². The zero-order chi connectivity index (χ0) is 18.2. The van der Waals surface area contributed by atoms with Crippen molar-refractivity contribution in [2.24, 2.45) is 0 Å². The van der Waals surface area contributed by atoms with E-state index in [0.717, 1.165) is 0 Å². The first-order valence-electron chi connectivity index (χ1n) is 7.76. The summed E-state index contributed by atoms with van der Waals surface area (Å²) in [4.78, 5) is 34.8. The Balaban J connectivity index is 1.81. The molecular formula is C19H19NO5. The van der Waals surface area contributed by atoms with E-state index in [4.69, 9.17) is 9.84 Å². The minimum absolute atomic E-state index is 0.0729. The second-order valence-corrected chi connectivity index (χ2v) is 5.43. The summed E-state index contributed by atoms with van der Waals surface area (Å²) < 4.78 is 5.03. The molecule has 2 aromatic rings. The third kappa shape index (κ3) is 5.46. The van der Waals surface area contributed by atoms with Gasteiger partial charge in [-0.3, -0.25) is 9.59 Å². The van der Waals surface area contributed by atoms with Crippen molar-refractivity contribution in [2.45, 2.75) is 19.4 Å². The summed E-state index contributed by atoms with van der Waals surface area (Å²) in [6.45, 7) is 0.219. The van der Waals surface area contributed by atoms with E-state index in [9.17, 15) is 14.4 Å². The van der Waals surface area contributed by atoms with Gasteiger partial charge in [0.2, 0.25) is 5.91 Å². The molecule has 0 saturated heterocycles. The number of Topliss-reactive ketones (excluding diaryl/α,β-unsaturated/α-hetero) is 1. The lowest BCUT2D eigenvalue weighted by atomic mass is 10.1. The summed E-state index contributed by atoms with van der Waals surface area (Å²) in [6, 6.07) is 13.1. The minimum atomic E-state index is -1.02. The second kappa shape index (κ2) is 8.63. The summed E-state index contributed by atoms with van der Waals surface area (Å²) in [5.74, 6) is -0.732. The quantitative estimate of drug-likeness (QED) is 0.720.